The lowest BCUT2D eigenvalue weighted by molar-refractivity contribution is -0.147. The molecule has 2 rings (SSSR count). The van der Waals surface area contributed by atoms with Gasteiger partial charge in [0.1, 0.15) is 6.04 Å². The Bertz CT molecular complexity index is 438. The fraction of sp³-hybridized carbons (Fsp3) is 0.333. The van der Waals surface area contributed by atoms with Gasteiger partial charge in [0.2, 0.25) is 5.91 Å². The van der Waals surface area contributed by atoms with Crippen molar-refractivity contribution in [1.82, 2.24) is 4.90 Å². The number of nitrogens with one attached hydrogen (secondary N) is 1. The van der Waals surface area contributed by atoms with Crippen molar-refractivity contribution in [3.8, 4) is 0 Å². The molecule has 18 heavy (non-hydrogen) atoms. The molecule has 1 fully saturated rings. The summed E-state index contributed by atoms with van der Waals surface area (Å²) < 4.78 is 0. The molecule has 1 aromatic rings. The number of amides is 1. The summed E-state index contributed by atoms with van der Waals surface area (Å²) >= 11 is 1.47. The van der Waals surface area contributed by atoms with Crippen LogP contribution in [0.1, 0.15) is 0 Å². The molecule has 0 saturated carbocycles. The predicted molar refractivity (Wildman–Crippen MR) is 70.5 cm³/mol. The minimum Gasteiger partial charge on any atom is -0.480 e. The zero-order chi connectivity index (χ0) is 13.0. The number of carboxylic acid groups (broad SMARTS) is 1. The molecular formula is C12H14N2O3S. The Morgan fingerprint density at radius 3 is 2.78 bits per heavy atom. The Labute approximate surface area is 109 Å². The Morgan fingerprint density at radius 1 is 1.39 bits per heavy atom. The van der Waals surface area contributed by atoms with Crippen molar-refractivity contribution in [2.24, 2.45) is 0 Å². The van der Waals surface area contributed by atoms with Crippen LogP contribution in [-0.4, -0.2) is 46.1 Å². The van der Waals surface area contributed by atoms with E-state index in [-0.39, 0.29) is 12.5 Å². The van der Waals surface area contributed by atoms with Gasteiger partial charge in [0.25, 0.3) is 0 Å². The van der Waals surface area contributed by atoms with Crippen LogP contribution in [0.4, 0.5) is 5.69 Å². The molecule has 1 aliphatic rings. The van der Waals surface area contributed by atoms with Crippen molar-refractivity contribution in [2.45, 2.75) is 6.04 Å². The zero-order valence-electron chi connectivity index (χ0n) is 9.70. The molecule has 0 aliphatic carbocycles. The Balaban J connectivity index is 1.90. The minimum atomic E-state index is -0.937. The highest BCUT2D eigenvalue weighted by atomic mass is 32.2. The number of carboxylic acids is 1. The van der Waals surface area contributed by atoms with Gasteiger partial charge in [0.15, 0.2) is 0 Å². The third-order valence-electron chi connectivity index (χ3n) is 2.71. The molecule has 5 nitrogen and oxygen atoms in total. The van der Waals surface area contributed by atoms with E-state index in [1.807, 2.05) is 30.3 Å². The maximum atomic E-state index is 11.9. The van der Waals surface area contributed by atoms with Crippen LogP contribution >= 0.6 is 11.8 Å². The number of carbonyl (C=O) groups excluding carboxylic acids is 1. The van der Waals surface area contributed by atoms with Crippen molar-refractivity contribution >= 4 is 29.3 Å². The van der Waals surface area contributed by atoms with Gasteiger partial charge in [0.05, 0.1) is 12.4 Å². The first-order chi connectivity index (χ1) is 8.68. The van der Waals surface area contributed by atoms with Crippen LogP contribution < -0.4 is 5.32 Å². The molecule has 6 heteroatoms. The van der Waals surface area contributed by atoms with Crippen molar-refractivity contribution in [3.05, 3.63) is 30.3 Å². The number of para-hydroxylation sites is 1. The van der Waals surface area contributed by atoms with Crippen LogP contribution in [-0.2, 0) is 9.59 Å². The lowest BCUT2D eigenvalue weighted by Gasteiger charge is -2.20. The second-order valence-corrected chi connectivity index (χ2v) is 4.94. The fourth-order valence-corrected chi connectivity index (χ4v) is 2.90. The molecule has 1 aromatic carbocycles. The number of carbonyl (C=O) groups is 2. The lowest BCUT2D eigenvalue weighted by atomic mass is 10.3. The number of nitrogens with zero attached hydrogens (tertiary/aromatic N) is 1. The highest BCUT2D eigenvalue weighted by molar-refractivity contribution is 7.99. The molecule has 2 N–H and O–H groups in total. The molecule has 1 unspecified atom stereocenters. The summed E-state index contributed by atoms with van der Waals surface area (Å²) in [6.07, 6.45) is 0. The topological polar surface area (TPSA) is 69.6 Å². The Morgan fingerprint density at radius 2 is 2.11 bits per heavy atom. The summed E-state index contributed by atoms with van der Waals surface area (Å²) in [6.45, 7) is 0.119. The number of benzene rings is 1. The van der Waals surface area contributed by atoms with Crippen molar-refractivity contribution < 1.29 is 14.7 Å². The van der Waals surface area contributed by atoms with Gasteiger partial charge < -0.3 is 15.3 Å². The average Bonchev–Trinajstić information content (AvgIpc) is 2.86. The van der Waals surface area contributed by atoms with E-state index in [0.717, 1.165) is 5.69 Å². The van der Waals surface area contributed by atoms with Gasteiger partial charge >= 0.3 is 5.97 Å². The number of hydrogen-bond donors (Lipinski definition) is 2. The second kappa shape index (κ2) is 5.77. The zero-order valence-corrected chi connectivity index (χ0v) is 10.5. The number of rotatable bonds is 4. The average molecular weight is 266 g/mol. The van der Waals surface area contributed by atoms with Crippen LogP contribution in [0.2, 0.25) is 0 Å². The lowest BCUT2D eigenvalue weighted by Crippen LogP contribution is -2.44. The maximum Gasteiger partial charge on any atom is 0.327 e. The summed E-state index contributed by atoms with van der Waals surface area (Å²) in [4.78, 5) is 24.3. The molecular weight excluding hydrogens is 252 g/mol. The Kier molecular flexibility index (Phi) is 4.09. The van der Waals surface area contributed by atoms with Crippen molar-refractivity contribution in [2.75, 3.05) is 23.5 Å². The van der Waals surface area contributed by atoms with Gasteiger partial charge in [-0.25, -0.2) is 4.79 Å². The van der Waals surface area contributed by atoms with Gasteiger partial charge in [-0.15, -0.1) is 11.8 Å². The highest BCUT2D eigenvalue weighted by Crippen LogP contribution is 2.21. The van der Waals surface area contributed by atoms with E-state index in [4.69, 9.17) is 5.11 Å². The van der Waals surface area contributed by atoms with Crippen molar-refractivity contribution in [3.63, 3.8) is 0 Å². The SMILES string of the molecule is O=C(O)C1CSCN1C(=O)CNc1ccccc1. The first-order valence-electron chi connectivity index (χ1n) is 5.57. The van der Waals surface area contributed by atoms with Gasteiger partial charge in [-0.05, 0) is 12.1 Å². The first-order valence-corrected chi connectivity index (χ1v) is 6.73. The molecule has 0 aromatic heterocycles. The molecule has 0 spiro atoms. The van der Waals surface area contributed by atoms with E-state index < -0.39 is 12.0 Å². The summed E-state index contributed by atoms with van der Waals surface area (Å²) in [7, 11) is 0. The molecule has 1 atom stereocenters. The van der Waals surface area contributed by atoms with E-state index >= 15 is 0 Å². The molecule has 1 heterocycles. The maximum absolute atomic E-state index is 11.9. The van der Waals surface area contributed by atoms with Gasteiger partial charge in [-0.3, -0.25) is 4.79 Å². The van der Waals surface area contributed by atoms with Crippen LogP contribution in [0.3, 0.4) is 0 Å². The molecule has 1 aliphatic heterocycles. The first kappa shape index (κ1) is 12.8. The quantitative estimate of drug-likeness (QED) is 0.853. The van der Waals surface area contributed by atoms with Crippen molar-refractivity contribution in [1.29, 1.82) is 0 Å². The predicted octanol–water partition coefficient (Wildman–Crippen LogP) is 1.08. The molecule has 1 amide bonds. The third kappa shape index (κ3) is 2.95. The van der Waals surface area contributed by atoms with Crippen LogP contribution in [0.5, 0.6) is 0 Å². The van der Waals surface area contributed by atoms with Gasteiger partial charge in [-0.1, -0.05) is 18.2 Å². The van der Waals surface area contributed by atoms with Gasteiger partial charge in [-0.2, -0.15) is 0 Å². The van der Waals surface area contributed by atoms with E-state index in [1.54, 1.807) is 0 Å². The number of hydrogen-bond acceptors (Lipinski definition) is 4. The smallest absolute Gasteiger partial charge is 0.327 e. The molecule has 0 radical (unpaired) electrons. The normalized spacial score (nSPS) is 18.7. The second-order valence-electron chi connectivity index (χ2n) is 3.94. The molecule has 1 saturated heterocycles. The minimum absolute atomic E-state index is 0.119. The van der Waals surface area contributed by atoms with Gasteiger partial charge in [0, 0.05) is 11.4 Å². The van der Waals surface area contributed by atoms with E-state index in [9.17, 15) is 9.59 Å². The molecule has 96 valence electrons. The summed E-state index contributed by atoms with van der Waals surface area (Å²) in [6, 6.07) is 8.67. The number of aliphatic carboxylic acids is 1. The summed E-state index contributed by atoms with van der Waals surface area (Å²) in [5.74, 6) is -0.206. The fourth-order valence-electron chi connectivity index (χ4n) is 1.73. The standard InChI is InChI=1S/C12H14N2O3S/c15-11(6-13-9-4-2-1-3-5-9)14-8-18-7-10(14)12(16)17/h1-5,10,13H,6-8H2,(H,16,17). The van der Waals surface area contributed by atoms with Crippen LogP contribution in [0.15, 0.2) is 30.3 Å². The molecule has 0 bridgehead atoms. The largest absolute Gasteiger partial charge is 0.480 e. The van der Waals surface area contributed by atoms with E-state index in [2.05, 4.69) is 5.32 Å². The van der Waals surface area contributed by atoms with E-state index in [0.29, 0.717) is 11.6 Å². The Hall–Kier alpha value is -1.69. The highest BCUT2D eigenvalue weighted by Gasteiger charge is 2.34. The third-order valence-corrected chi connectivity index (χ3v) is 3.72. The van der Waals surface area contributed by atoms with Crippen LogP contribution in [0, 0.1) is 0 Å². The summed E-state index contributed by atoms with van der Waals surface area (Å²) in [5, 5.41) is 12.0. The number of anilines is 1. The summed E-state index contributed by atoms with van der Waals surface area (Å²) in [5.41, 5.74) is 0.851. The monoisotopic (exact) mass is 266 g/mol. The van der Waals surface area contributed by atoms with E-state index in [1.165, 1.54) is 16.7 Å². The van der Waals surface area contributed by atoms with Crippen LogP contribution in [0.25, 0.3) is 0 Å². The number of thioether (sulfide) groups is 1.